The van der Waals surface area contributed by atoms with E-state index in [2.05, 4.69) is 22.6 Å². The van der Waals surface area contributed by atoms with Crippen molar-refractivity contribution in [2.24, 2.45) is 0 Å². The van der Waals surface area contributed by atoms with Crippen LogP contribution in [0.5, 0.6) is 0 Å². The SMILES string of the molecule is Cc1ccc(S(=O)(=O)OC(CI)C2OC(c3ccccc3)OC3COC(c4ccccc4)OC32)cc1. The zero-order chi connectivity index (χ0) is 25.1. The largest absolute Gasteiger partial charge is 0.346 e. The first-order chi connectivity index (χ1) is 17.4. The van der Waals surface area contributed by atoms with Crippen molar-refractivity contribution in [3.05, 3.63) is 102 Å². The summed E-state index contributed by atoms with van der Waals surface area (Å²) in [6.45, 7) is 2.17. The van der Waals surface area contributed by atoms with Crippen LogP contribution < -0.4 is 0 Å². The van der Waals surface area contributed by atoms with Crippen LogP contribution in [-0.4, -0.2) is 43.9 Å². The Kier molecular flexibility index (Phi) is 8.06. The Balaban J connectivity index is 1.44. The van der Waals surface area contributed by atoms with E-state index in [0.717, 1.165) is 16.7 Å². The Labute approximate surface area is 224 Å². The van der Waals surface area contributed by atoms with Gasteiger partial charge in [-0.1, -0.05) is 101 Å². The lowest BCUT2D eigenvalue weighted by Gasteiger charge is -2.47. The highest BCUT2D eigenvalue weighted by Crippen LogP contribution is 2.40. The van der Waals surface area contributed by atoms with Crippen LogP contribution in [0.25, 0.3) is 0 Å². The van der Waals surface area contributed by atoms with E-state index in [1.54, 1.807) is 24.3 Å². The fourth-order valence-corrected chi connectivity index (χ4v) is 6.31. The second-order valence-electron chi connectivity index (χ2n) is 8.75. The van der Waals surface area contributed by atoms with Crippen LogP contribution in [0.3, 0.4) is 0 Å². The maximum absolute atomic E-state index is 13.2. The number of fused-ring (bicyclic) bond motifs is 1. The third kappa shape index (κ3) is 5.67. The zero-order valence-electron chi connectivity index (χ0n) is 19.6. The lowest BCUT2D eigenvalue weighted by Crippen LogP contribution is -2.58. The van der Waals surface area contributed by atoms with Crippen molar-refractivity contribution < 1.29 is 31.5 Å². The number of alkyl halides is 1. The number of hydrogen-bond acceptors (Lipinski definition) is 7. The van der Waals surface area contributed by atoms with E-state index in [9.17, 15) is 8.42 Å². The van der Waals surface area contributed by atoms with Gasteiger partial charge in [-0.25, -0.2) is 0 Å². The van der Waals surface area contributed by atoms with Crippen LogP contribution in [0.15, 0.2) is 89.8 Å². The molecule has 0 spiro atoms. The molecule has 0 N–H and O–H groups in total. The highest BCUT2D eigenvalue weighted by Gasteiger charge is 2.49. The molecule has 5 rings (SSSR count). The fourth-order valence-electron chi connectivity index (χ4n) is 4.31. The minimum Gasteiger partial charge on any atom is -0.346 e. The minimum atomic E-state index is -4.04. The second kappa shape index (κ2) is 11.3. The Morgan fingerprint density at radius 1 is 0.861 bits per heavy atom. The summed E-state index contributed by atoms with van der Waals surface area (Å²) in [4.78, 5) is 0.0984. The maximum Gasteiger partial charge on any atom is 0.297 e. The van der Waals surface area contributed by atoms with Gasteiger partial charge in [0.2, 0.25) is 0 Å². The smallest absolute Gasteiger partial charge is 0.297 e. The highest BCUT2D eigenvalue weighted by atomic mass is 127. The highest BCUT2D eigenvalue weighted by molar-refractivity contribution is 14.1. The van der Waals surface area contributed by atoms with Gasteiger partial charge in [-0.15, -0.1) is 0 Å². The Hall–Kier alpha value is -1.86. The van der Waals surface area contributed by atoms with Gasteiger partial charge in [0.05, 0.1) is 11.5 Å². The van der Waals surface area contributed by atoms with Crippen molar-refractivity contribution in [3.63, 3.8) is 0 Å². The lowest BCUT2D eigenvalue weighted by molar-refractivity contribution is -0.370. The number of benzene rings is 3. The Morgan fingerprint density at radius 2 is 1.47 bits per heavy atom. The Morgan fingerprint density at radius 3 is 2.08 bits per heavy atom. The molecule has 3 aromatic carbocycles. The molecule has 6 atom stereocenters. The fraction of sp³-hybridized carbons (Fsp3) is 0.333. The van der Waals surface area contributed by atoms with Crippen molar-refractivity contribution in [2.75, 3.05) is 11.0 Å². The zero-order valence-corrected chi connectivity index (χ0v) is 22.6. The van der Waals surface area contributed by atoms with E-state index in [1.165, 1.54) is 0 Å². The van der Waals surface area contributed by atoms with E-state index in [1.807, 2.05) is 67.6 Å². The average molecular weight is 622 g/mol. The molecule has 0 aliphatic carbocycles. The average Bonchev–Trinajstić information content (AvgIpc) is 2.92. The number of rotatable bonds is 7. The van der Waals surface area contributed by atoms with Crippen molar-refractivity contribution >= 4 is 32.7 Å². The molecule has 190 valence electrons. The normalized spacial score (nSPS) is 27.2. The van der Waals surface area contributed by atoms with Crippen LogP contribution in [0.1, 0.15) is 29.3 Å². The summed E-state index contributed by atoms with van der Waals surface area (Å²) in [5.74, 6) is 0. The predicted octanol–water partition coefficient (Wildman–Crippen LogP) is 5.10. The van der Waals surface area contributed by atoms with Gasteiger partial charge in [0.25, 0.3) is 10.1 Å². The van der Waals surface area contributed by atoms with E-state index in [-0.39, 0.29) is 11.5 Å². The lowest BCUT2D eigenvalue weighted by atomic mass is 10.00. The van der Waals surface area contributed by atoms with Gasteiger partial charge < -0.3 is 18.9 Å². The van der Waals surface area contributed by atoms with E-state index < -0.39 is 47.1 Å². The first-order valence-corrected chi connectivity index (χ1v) is 14.6. The van der Waals surface area contributed by atoms with Gasteiger partial charge in [0.15, 0.2) is 12.6 Å². The molecule has 2 aliphatic heterocycles. The number of halogens is 1. The Bertz CT molecular complexity index is 1240. The summed E-state index contributed by atoms with van der Waals surface area (Å²) in [5, 5.41) is 0. The molecule has 3 aromatic rings. The standard InChI is InChI=1S/C27H27IO7S/c1-18-12-14-21(15-13-18)36(29,30)35-22(16-28)24-25-23(32-27(34-24)20-10-6-3-7-11-20)17-31-26(33-25)19-8-4-2-5-9-19/h2-15,22-27H,16-17H2,1H3. The number of aryl methyl sites for hydroxylation is 1. The molecule has 9 heteroatoms. The van der Waals surface area contributed by atoms with Gasteiger partial charge >= 0.3 is 0 Å². The van der Waals surface area contributed by atoms with Crippen LogP contribution in [0.2, 0.25) is 0 Å². The molecule has 0 radical (unpaired) electrons. The summed E-state index contributed by atoms with van der Waals surface area (Å²) in [6, 6.07) is 25.7. The monoisotopic (exact) mass is 622 g/mol. The van der Waals surface area contributed by atoms with Gasteiger partial charge in [0.1, 0.15) is 24.4 Å². The van der Waals surface area contributed by atoms with Crippen molar-refractivity contribution in [1.29, 1.82) is 0 Å². The van der Waals surface area contributed by atoms with Gasteiger partial charge in [-0.3, -0.25) is 4.18 Å². The minimum absolute atomic E-state index is 0.0984. The molecular weight excluding hydrogens is 595 g/mol. The maximum atomic E-state index is 13.2. The van der Waals surface area contributed by atoms with Gasteiger partial charge in [0, 0.05) is 15.6 Å². The van der Waals surface area contributed by atoms with Crippen LogP contribution in [0.4, 0.5) is 0 Å². The summed E-state index contributed by atoms with van der Waals surface area (Å²) >= 11 is 2.12. The molecule has 7 nitrogen and oxygen atoms in total. The van der Waals surface area contributed by atoms with Gasteiger partial charge in [-0.05, 0) is 19.1 Å². The number of ether oxygens (including phenoxy) is 4. The van der Waals surface area contributed by atoms with Crippen molar-refractivity contribution in [3.8, 4) is 0 Å². The molecule has 6 unspecified atom stereocenters. The predicted molar refractivity (Wildman–Crippen MR) is 141 cm³/mol. The summed E-state index contributed by atoms with van der Waals surface area (Å²) in [6.07, 6.45) is -3.94. The quantitative estimate of drug-likeness (QED) is 0.206. The first kappa shape index (κ1) is 25.8. The van der Waals surface area contributed by atoms with E-state index >= 15 is 0 Å². The van der Waals surface area contributed by atoms with Crippen LogP contribution in [0, 0.1) is 6.92 Å². The number of hydrogen-bond donors (Lipinski definition) is 0. The molecule has 2 saturated heterocycles. The molecule has 2 heterocycles. The third-order valence-electron chi connectivity index (χ3n) is 6.18. The molecule has 0 aromatic heterocycles. The third-order valence-corrected chi connectivity index (χ3v) is 8.40. The summed E-state index contributed by atoms with van der Waals surface area (Å²) in [7, 11) is -4.04. The van der Waals surface area contributed by atoms with Gasteiger partial charge in [-0.2, -0.15) is 8.42 Å². The molecule has 0 bridgehead atoms. The summed E-state index contributed by atoms with van der Waals surface area (Å²) in [5.41, 5.74) is 2.64. The molecular formula is C27H27IO7S. The van der Waals surface area contributed by atoms with Crippen molar-refractivity contribution in [1.82, 2.24) is 0 Å². The molecule has 0 amide bonds. The van der Waals surface area contributed by atoms with Crippen LogP contribution in [-0.2, 0) is 33.2 Å². The topological polar surface area (TPSA) is 80.3 Å². The van der Waals surface area contributed by atoms with Crippen LogP contribution >= 0.6 is 22.6 Å². The summed E-state index contributed by atoms with van der Waals surface area (Å²) < 4.78 is 57.5. The molecule has 2 aliphatic rings. The molecule has 2 fully saturated rings. The van der Waals surface area contributed by atoms with E-state index in [0.29, 0.717) is 4.43 Å². The second-order valence-corrected chi connectivity index (χ2v) is 11.2. The molecule has 36 heavy (non-hydrogen) atoms. The van der Waals surface area contributed by atoms with Crippen molar-refractivity contribution in [2.45, 2.75) is 48.8 Å². The van der Waals surface area contributed by atoms with E-state index in [4.69, 9.17) is 23.1 Å². The molecule has 0 saturated carbocycles. The first-order valence-electron chi connectivity index (χ1n) is 11.7.